The van der Waals surface area contributed by atoms with Gasteiger partial charge in [-0.2, -0.15) is 0 Å². The molecule has 7 nitrogen and oxygen atoms in total. The molecule has 0 aliphatic heterocycles. The van der Waals surface area contributed by atoms with Crippen LogP contribution in [0, 0.1) is 10.1 Å². The van der Waals surface area contributed by atoms with Crippen molar-refractivity contribution in [2.75, 3.05) is 6.54 Å². The summed E-state index contributed by atoms with van der Waals surface area (Å²) in [4.78, 5) is 21.3. The van der Waals surface area contributed by atoms with Gasteiger partial charge in [-0.25, -0.2) is 4.79 Å². The predicted octanol–water partition coefficient (Wildman–Crippen LogP) is 1.54. The quantitative estimate of drug-likeness (QED) is 0.516. The second-order valence-electron chi connectivity index (χ2n) is 4.83. The Balaban J connectivity index is 2.93. The van der Waals surface area contributed by atoms with Crippen LogP contribution in [0.3, 0.4) is 0 Å². The number of carboxylic acid groups (broad SMARTS) is 1. The number of benzene rings is 1. The van der Waals surface area contributed by atoms with Gasteiger partial charge in [0.05, 0.1) is 10.5 Å². The molecule has 7 heteroatoms. The third-order valence-electron chi connectivity index (χ3n) is 3.12. The number of carboxylic acids is 1. The fourth-order valence-electron chi connectivity index (χ4n) is 1.72. The lowest BCUT2D eigenvalue weighted by atomic mass is 10.0. The zero-order valence-electron chi connectivity index (χ0n) is 11.4. The molecule has 20 heavy (non-hydrogen) atoms. The third-order valence-corrected chi connectivity index (χ3v) is 3.12. The molecule has 0 aliphatic carbocycles. The smallest absolute Gasteiger partial charge is 0.343 e. The number of hydrogen-bond acceptors (Lipinski definition) is 5. The number of nitrogens with zero attached hydrogens (tertiary/aromatic N) is 1. The first kappa shape index (κ1) is 16.1. The van der Waals surface area contributed by atoms with Crippen LogP contribution in [0.15, 0.2) is 18.2 Å². The van der Waals surface area contributed by atoms with E-state index in [1.165, 1.54) is 12.1 Å². The summed E-state index contributed by atoms with van der Waals surface area (Å²) in [6.45, 7) is 3.90. The van der Waals surface area contributed by atoms with Gasteiger partial charge in [-0.15, -0.1) is 0 Å². The molecule has 0 spiro atoms. The molecule has 1 aromatic rings. The molecular weight excluding hydrogens is 264 g/mol. The van der Waals surface area contributed by atoms with Gasteiger partial charge in [-0.3, -0.25) is 10.1 Å². The summed E-state index contributed by atoms with van der Waals surface area (Å²) in [6, 6.07) is 4.12. The zero-order chi connectivity index (χ0) is 15.3. The van der Waals surface area contributed by atoms with Crippen LogP contribution < -0.4 is 5.32 Å². The van der Waals surface area contributed by atoms with Crippen molar-refractivity contribution < 1.29 is 19.9 Å². The molecule has 3 N–H and O–H groups in total. The minimum absolute atomic E-state index is 0.138. The molecule has 0 heterocycles. The van der Waals surface area contributed by atoms with E-state index in [9.17, 15) is 20.0 Å². The van der Waals surface area contributed by atoms with Crippen LogP contribution in [0.2, 0.25) is 0 Å². The van der Waals surface area contributed by atoms with Gasteiger partial charge in [0, 0.05) is 19.2 Å². The number of nitro benzene ring substituents is 1. The van der Waals surface area contributed by atoms with E-state index in [-0.39, 0.29) is 18.7 Å². The van der Waals surface area contributed by atoms with Crippen molar-refractivity contribution >= 4 is 11.7 Å². The molecule has 0 bridgehead atoms. The number of hydrogen-bond donors (Lipinski definition) is 3. The van der Waals surface area contributed by atoms with Crippen molar-refractivity contribution in [2.45, 2.75) is 32.4 Å². The average Bonchev–Trinajstić information content (AvgIpc) is 2.37. The lowest BCUT2D eigenvalue weighted by Gasteiger charge is -2.21. The van der Waals surface area contributed by atoms with Crippen molar-refractivity contribution in [1.29, 1.82) is 0 Å². The summed E-state index contributed by atoms with van der Waals surface area (Å²) in [5.74, 6) is -1.34. The van der Waals surface area contributed by atoms with E-state index in [0.717, 1.165) is 6.07 Å². The number of aliphatic hydroxyl groups is 1. The van der Waals surface area contributed by atoms with E-state index in [1.807, 2.05) is 6.92 Å². The fourth-order valence-corrected chi connectivity index (χ4v) is 1.72. The Bertz CT molecular complexity index is 513. The highest BCUT2D eigenvalue weighted by Gasteiger charge is 2.23. The van der Waals surface area contributed by atoms with Gasteiger partial charge < -0.3 is 15.5 Å². The Morgan fingerprint density at radius 3 is 2.65 bits per heavy atom. The SMILES string of the molecule is CCC(C)(O)CNCc1cccc([N+](=O)[O-])c1C(=O)O. The second kappa shape index (κ2) is 6.44. The highest BCUT2D eigenvalue weighted by atomic mass is 16.6. The van der Waals surface area contributed by atoms with Gasteiger partial charge in [0.2, 0.25) is 0 Å². The van der Waals surface area contributed by atoms with Crippen LogP contribution in [-0.4, -0.2) is 33.3 Å². The monoisotopic (exact) mass is 282 g/mol. The summed E-state index contributed by atoms with van der Waals surface area (Å²) in [5.41, 5.74) is -1.33. The molecular formula is C13H18N2O5. The summed E-state index contributed by atoms with van der Waals surface area (Å²) < 4.78 is 0. The van der Waals surface area contributed by atoms with E-state index in [4.69, 9.17) is 5.11 Å². The molecule has 1 aromatic carbocycles. The number of aromatic carboxylic acids is 1. The van der Waals surface area contributed by atoms with Gasteiger partial charge in [-0.1, -0.05) is 19.1 Å². The van der Waals surface area contributed by atoms with Gasteiger partial charge in [0.25, 0.3) is 5.69 Å². The average molecular weight is 282 g/mol. The number of nitro groups is 1. The van der Waals surface area contributed by atoms with Gasteiger partial charge in [0.15, 0.2) is 0 Å². The van der Waals surface area contributed by atoms with Gasteiger partial charge in [-0.05, 0) is 18.9 Å². The minimum atomic E-state index is -1.34. The zero-order valence-corrected chi connectivity index (χ0v) is 11.4. The van der Waals surface area contributed by atoms with Gasteiger partial charge in [0.1, 0.15) is 5.56 Å². The first-order valence-electron chi connectivity index (χ1n) is 6.21. The number of carbonyl (C=O) groups is 1. The summed E-state index contributed by atoms with van der Waals surface area (Å²) >= 11 is 0. The van der Waals surface area contributed by atoms with E-state index >= 15 is 0 Å². The normalized spacial score (nSPS) is 13.8. The Kier molecular flexibility index (Phi) is 5.18. The molecule has 0 saturated carbocycles. The third kappa shape index (κ3) is 4.01. The summed E-state index contributed by atoms with van der Waals surface area (Å²) in [6.07, 6.45) is 0.542. The second-order valence-corrected chi connectivity index (χ2v) is 4.83. The van der Waals surface area contributed by atoms with E-state index in [2.05, 4.69) is 5.32 Å². The first-order valence-corrected chi connectivity index (χ1v) is 6.21. The van der Waals surface area contributed by atoms with Crippen LogP contribution in [0.25, 0.3) is 0 Å². The maximum absolute atomic E-state index is 11.2. The molecule has 0 amide bonds. The van der Waals surface area contributed by atoms with Crippen LogP contribution >= 0.6 is 0 Å². The molecule has 0 aliphatic rings. The van der Waals surface area contributed by atoms with Gasteiger partial charge >= 0.3 is 5.97 Å². The van der Waals surface area contributed by atoms with Crippen molar-refractivity contribution in [3.8, 4) is 0 Å². The van der Waals surface area contributed by atoms with Crippen molar-refractivity contribution in [1.82, 2.24) is 5.32 Å². The lowest BCUT2D eigenvalue weighted by molar-refractivity contribution is -0.385. The van der Waals surface area contributed by atoms with Crippen molar-refractivity contribution in [3.63, 3.8) is 0 Å². The van der Waals surface area contributed by atoms with Crippen LogP contribution in [0.5, 0.6) is 0 Å². The maximum atomic E-state index is 11.2. The van der Waals surface area contributed by atoms with E-state index < -0.39 is 22.2 Å². The maximum Gasteiger partial charge on any atom is 0.343 e. The molecule has 1 rings (SSSR count). The van der Waals surface area contributed by atoms with Crippen LogP contribution in [0.4, 0.5) is 5.69 Å². The highest BCUT2D eigenvalue weighted by Crippen LogP contribution is 2.22. The molecule has 0 aromatic heterocycles. The molecule has 1 unspecified atom stereocenters. The van der Waals surface area contributed by atoms with Crippen molar-refractivity contribution in [3.05, 3.63) is 39.4 Å². The molecule has 0 fully saturated rings. The summed E-state index contributed by atoms with van der Waals surface area (Å²) in [5, 5.41) is 32.7. The largest absolute Gasteiger partial charge is 0.477 e. The predicted molar refractivity (Wildman–Crippen MR) is 72.7 cm³/mol. The Labute approximate surface area is 116 Å². The highest BCUT2D eigenvalue weighted by molar-refractivity contribution is 5.94. The summed E-state index contributed by atoms with van der Waals surface area (Å²) in [7, 11) is 0. The first-order chi connectivity index (χ1) is 9.28. The minimum Gasteiger partial charge on any atom is -0.477 e. The Morgan fingerprint density at radius 1 is 1.50 bits per heavy atom. The Hall–Kier alpha value is -1.99. The van der Waals surface area contributed by atoms with Crippen LogP contribution in [0.1, 0.15) is 36.2 Å². The van der Waals surface area contributed by atoms with E-state index in [0.29, 0.717) is 12.0 Å². The molecule has 0 saturated heterocycles. The van der Waals surface area contributed by atoms with E-state index in [1.54, 1.807) is 6.92 Å². The number of rotatable bonds is 7. The van der Waals surface area contributed by atoms with Crippen molar-refractivity contribution in [2.24, 2.45) is 0 Å². The molecule has 0 radical (unpaired) electrons. The number of nitrogens with one attached hydrogen (secondary N) is 1. The molecule has 1 atom stereocenters. The Morgan fingerprint density at radius 2 is 2.15 bits per heavy atom. The van der Waals surface area contributed by atoms with Crippen LogP contribution in [-0.2, 0) is 6.54 Å². The topological polar surface area (TPSA) is 113 Å². The standard InChI is InChI=1S/C13H18N2O5/c1-3-13(2,18)8-14-7-9-5-4-6-10(15(19)20)11(9)12(16)17/h4-6,14,18H,3,7-8H2,1-2H3,(H,16,17). The lowest BCUT2D eigenvalue weighted by Crippen LogP contribution is -2.37. The fraction of sp³-hybridized carbons (Fsp3) is 0.462. The molecule has 110 valence electrons.